The van der Waals surface area contributed by atoms with Crippen LogP contribution in [0.2, 0.25) is 18.1 Å². The van der Waals surface area contributed by atoms with Crippen molar-refractivity contribution in [1.29, 1.82) is 0 Å². The predicted molar refractivity (Wildman–Crippen MR) is 203 cm³/mol. The normalized spacial score (nSPS) is 21.6. The fourth-order valence-corrected chi connectivity index (χ4v) is 7.92. The molecule has 6 rings (SSSR count). The molecule has 10 heteroatoms. The zero-order valence-electron chi connectivity index (χ0n) is 31.7. The van der Waals surface area contributed by atoms with Gasteiger partial charge in [-0.05, 0) is 116 Å². The SMILES string of the molecule is CN1CCC[C@@]1(C)c1nnc2ccc(O[C@@H]3CC[C@H](NC(=O)Nc4cc(CO[Si](C)(C)C(C)(C)C)cc(C(C)(C)C)c4)c4ccccc43)cn12. The first-order chi connectivity index (χ1) is 23.4. The molecule has 1 aliphatic heterocycles. The van der Waals surface area contributed by atoms with Crippen LogP contribution in [0.25, 0.3) is 5.65 Å². The third-order valence-electron chi connectivity index (χ3n) is 11.4. The van der Waals surface area contributed by atoms with Crippen molar-refractivity contribution >= 4 is 25.7 Å². The topological polar surface area (TPSA) is 93.0 Å². The maximum absolute atomic E-state index is 13.6. The van der Waals surface area contributed by atoms with Gasteiger partial charge in [-0.15, -0.1) is 10.2 Å². The summed E-state index contributed by atoms with van der Waals surface area (Å²) in [5.74, 6) is 1.72. The molecule has 1 saturated heterocycles. The second-order valence-electron chi connectivity index (χ2n) is 17.1. The van der Waals surface area contributed by atoms with E-state index in [4.69, 9.17) is 9.16 Å². The molecule has 2 aromatic heterocycles. The van der Waals surface area contributed by atoms with Crippen molar-refractivity contribution in [3.8, 4) is 5.75 Å². The Kier molecular flexibility index (Phi) is 9.69. The second kappa shape index (κ2) is 13.4. The molecule has 3 heterocycles. The summed E-state index contributed by atoms with van der Waals surface area (Å²) >= 11 is 0. The van der Waals surface area contributed by atoms with Crippen molar-refractivity contribution in [3.05, 3.63) is 88.9 Å². The van der Waals surface area contributed by atoms with E-state index in [0.29, 0.717) is 6.61 Å². The summed E-state index contributed by atoms with van der Waals surface area (Å²) in [6.45, 7) is 21.7. The zero-order valence-corrected chi connectivity index (χ0v) is 32.7. The first-order valence-corrected chi connectivity index (χ1v) is 21.0. The summed E-state index contributed by atoms with van der Waals surface area (Å²) in [7, 11) is 0.221. The van der Waals surface area contributed by atoms with Crippen molar-refractivity contribution in [2.24, 2.45) is 0 Å². The lowest BCUT2D eigenvalue weighted by Gasteiger charge is -2.36. The Morgan fingerprint density at radius 3 is 2.42 bits per heavy atom. The fourth-order valence-electron chi connectivity index (χ4n) is 6.96. The van der Waals surface area contributed by atoms with Crippen molar-refractivity contribution < 1.29 is 14.0 Å². The smallest absolute Gasteiger partial charge is 0.319 e. The highest BCUT2D eigenvalue weighted by atomic mass is 28.4. The highest BCUT2D eigenvalue weighted by Crippen LogP contribution is 2.41. The molecular formula is C40H56N6O3Si. The van der Waals surface area contributed by atoms with E-state index in [9.17, 15) is 4.79 Å². The Hall–Kier alpha value is -3.73. The number of nitrogens with zero attached hydrogens (tertiary/aromatic N) is 4. The van der Waals surface area contributed by atoms with Crippen molar-refractivity contribution in [3.63, 3.8) is 0 Å². The van der Waals surface area contributed by atoms with Crippen LogP contribution >= 0.6 is 0 Å². The number of fused-ring (bicyclic) bond motifs is 2. The molecule has 4 aromatic rings. The molecule has 0 radical (unpaired) electrons. The summed E-state index contributed by atoms with van der Waals surface area (Å²) in [6.07, 6.45) is 5.60. The van der Waals surface area contributed by atoms with Crippen LogP contribution < -0.4 is 15.4 Å². The quantitative estimate of drug-likeness (QED) is 0.179. The summed E-state index contributed by atoms with van der Waals surface area (Å²) in [5.41, 5.74) is 5.75. The standard InChI is InChI=1S/C40H56N6O3Si/c1-38(2,3)28-22-27(26-48-50(9,10)39(4,5)6)23-29(24-28)41-37(47)42-33-17-18-34(32-15-12-11-14-31(32)33)49-30-16-19-35-43-44-36(46(35)25-30)40(7)20-13-21-45(40)8/h11-12,14-16,19,22-25,33-34H,13,17-18,20-21,26H2,1-10H3,(H2,41,42,47)/t33-,34+,40-/m0/s1. The van der Waals surface area contributed by atoms with Gasteiger partial charge in [0.25, 0.3) is 0 Å². The van der Waals surface area contributed by atoms with E-state index in [0.717, 1.165) is 77.4 Å². The molecule has 268 valence electrons. The van der Waals surface area contributed by atoms with E-state index in [1.807, 2.05) is 36.5 Å². The molecule has 50 heavy (non-hydrogen) atoms. The maximum atomic E-state index is 13.6. The number of hydrogen-bond donors (Lipinski definition) is 2. The van der Waals surface area contributed by atoms with Gasteiger partial charge in [0.05, 0.1) is 24.4 Å². The molecule has 3 atom stereocenters. The van der Waals surface area contributed by atoms with E-state index >= 15 is 0 Å². The first kappa shape index (κ1) is 36.1. The largest absolute Gasteiger partial charge is 0.484 e. The molecule has 2 amide bonds. The number of urea groups is 1. The van der Waals surface area contributed by atoms with Gasteiger partial charge in [-0.25, -0.2) is 4.79 Å². The van der Waals surface area contributed by atoms with Gasteiger partial charge in [-0.3, -0.25) is 9.30 Å². The number of rotatable bonds is 8. The van der Waals surface area contributed by atoms with Gasteiger partial charge in [0.2, 0.25) is 0 Å². The second-order valence-corrected chi connectivity index (χ2v) is 21.9. The van der Waals surface area contributed by atoms with Gasteiger partial charge in [-0.2, -0.15) is 0 Å². The third kappa shape index (κ3) is 7.34. The molecule has 0 saturated carbocycles. The van der Waals surface area contributed by atoms with Gasteiger partial charge in [-0.1, -0.05) is 71.9 Å². The third-order valence-corrected chi connectivity index (χ3v) is 15.9. The Balaban J connectivity index is 1.17. The van der Waals surface area contributed by atoms with Gasteiger partial charge in [0.1, 0.15) is 11.9 Å². The number of benzene rings is 2. The number of carbonyl (C=O) groups is 1. The van der Waals surface area contributed by atoms with Crippen LogP contribution in [0.5, 0.6) is 5.75 Å². The molecule has 0 spiro atoms. The van der Waals surface area contributed by atoms with E-state index in [2.05, 4.69) is 123 Å². The van der Waals surface area contributed by atoms with Gasteiger partial charge in [0.15, 0.2) is 19.8 Å². The number of carbonyl (C=O) groups excluding carboxylic acids is 1. The monoisotopic (exact) mass is 696 g/mol. The summed E-state index contributed by atoms with van der Waals surface area (Å²) < 4.78 is 15.3. The summed E-state index contributed by atoms with van der Waals surface area (Å²) in [5, 5.41) is 15.6. The molecule has 9 nitrogen and oxygen atoms in total. The number of aromatic nitrogens is 3. The van der Waals surface area contributed by atoms with Crippen LogP contribution in [-0.2, 0) is 22.0 Å². The lowest BCUT2D eigenvalue weighted by atomic mass is 9.85. The Labute approximate surface area is 299 Å². The average Bonchev–Trinajstić information content (AvgIpc) is 3.63. The highest BCUT2D eigenvalue weighted by Gasteiger charge is 2.40. The van der Waals surface area contributed by atoms with Crippen LogP contribution in [0.3, 0.4) is 0 Å². The Morgan fingerprint density at radius 1 is 1.00 bits per heavy atom. The van der Waals surface area contributed by atoms with Crippen molar-refractivity contribution in [2.45, 2.75) is 122 Å². The van der Waals surface area contributed by atoms with Gasteiger partial charge >= 0.3 is 6.03 Å². The van der Waals surface area contributed by atoms with Crippen molar-refractivity contribution in [2.75, 3.05) is 18.9 Å². The van der Waals surface area contributed by atoms with E-state index < -0.39 is 8.32 Å². The predicted octanol–water partition coefficient (Wildman–Crippen LogP) is 9.27. The first-order valence-electron chi connectivity index (χ1n) is 18.1. The Morgan fingerprint density at radius 2 is 1.74 bits per heavy atom. The summed E-state index contributed by atoms with van der Waals surface area (Å²) in [4.78, 5) is 15.9. The van der Waals surface area contributed by atoms with Crippen LogP contribution in [0, 0.1) is 0 Å². The van der Waals surface area contributed by atoms with E-state index in [-0.39, 0.29) is 34.2 Å². The minimum absolute atomic E-state index is 0.0809. The van der Waals surface area contributed by atoms with Crippen LogP contribution in [-0.4, -0.2) is 47.4 Å². The molecule has 1 aliphatic carbocycles. The minimum atomic E-state index is -1.94. The van der Waals surface area contributed by atoms with Crippen molar-refractivity contribution in [1.82, 2.24) is 24.8 Å². The maximum Gasteiger partial charge on any atom is 0.319 e. The molecule has 1 fully saturated rings. The van der Waals surface area contributed by atoms with E-state index in [1.165, 1.54) is 0 Å². The number of likely N-dealkylation sites (tertiary alicyclic amines) is 1. The number of pyridine rings is 1. The van der Waals surface area contributed by atoms with Gasteiger partial charge in [0, 0.05) is 5.69 Å². The highest BCUT2D eigenvalue weighted by molar-refractivity contribution is 6.74. The molecule has 2 aromatic carbocycles. The molecular weight excluding hydrogens is 641 g/mol. The number of nitrogens with one attached hydrogen (secondary N) is 2. The lowest BCUT2D eigenvalue weighted by Crippen LogP contribution is -2.40. The number of anilines is 1. The zero-order chi connectivity index (χ0) is 36.1. The molecule has 2 aliphatic rings. The lowest BCUT2D eigenvalue weighted by molar-refractivity contribution is 0.170. The van der Waals surface area contributed by atoms with Gasteiger partial charge < -0.3 is 19.8 Å². The number of hydrogen-bond acceptors (Lipinski definition) is 6. The van der Waals surface area contributed by atoms with Crippen LogP contribution in [0.4, 0.5) is 10.5 Å². The molecule has 2 N–H and O–H groups in total. The van der Waals surface area contributed by atoms with Crippen LogP contribution in [0.1, 0.15) is 114 Å². The fraction of sp³-hybridized carbons (Fsp3) is 0.525. The summed E-state index contributed by atoms with van der Waals surface area (Å²) in [6, 6.07) is 18.2. The molecule has 0 unspecified atom stereocenters. The number of ether oxygens (including phenoxy) is 1. The molecule has 0 bridgehead atoms. The number of amides is 2. The van der Waals surface area contributed by atoms with Crippen LogP contribution in [0.15, 0.2) is 60.8 Å². The minimum Gasteiger partial charge on any atom is -0.484 e. The Bertz CT molecular complexity index is 1860. The van der Waals surface area contributed by atoms with E-state index in [1.54, 1.807) is 0 Å². The average molecular weight is 697 g/mol.